The quantitative estimate of drug-likeness (QED) is 0.826. The first kappa shape index (κ1) is 13.3. The van der Waals surface area contributed by atoms with Crippen LogP contribution in [0.5, 0.6) is 11.6 Å². The number of methoxy groups -OCH3 is 1. The van der Waals surface area contributed by atoms with E-state index >= 15 is 0 Å². The van der Waals surface area contributed by atoms with Crippen molar-refractivity contribution < 1.29 is 9.47 Å². The van der Waals surface area contributed by atoms with E-state index in [2.05, 4.69) is 22.1 Å². The molecule has 0 amide bonds. The lowest BCUT2D eigenvalue weighted by molar-refractivity contribution is 0.303. The highest BCUT2D eigenvalue weighted by Crippen LogP contribution is 2.27. The third-order valence-corrected chi connectivity index (χ3v) is 2.57. The van der Waals surface area contributed by atoms with Crippen LogP contribution in [0.1, 0.15) is 19.2 Å². The van der Waals surface area contributed by atoms with E-state index in [-0.39, 0.29) is 0 Å². The molecule has 100 valence electrons. The van der Waals surface area contributed by atoms with Crippen LogP contribution in [-0.2, 0) is 0 Å². The van der Waals surface area contributed by atoms with Crippen molar-refractivity contribution >= 4 is 0 Å². The Labute approximate surface area is 112 Å². The number of hydrogen-bond donors (Lipinski definition) is 0. The Hall–Kier alpha value is -2.17. The number of nitrogens with zero attached hydrogens (tertiary/aromatic N) is 3. The van der Waals surface area contributed by atoms with Crippen molar-refractivity contribution in [2.45, 2.75) is 20.3 Å². The Bertz CT molecular complexity index is 541. The molecule has 5 heteroatoms. The maximum absolute atomic E-state index is 5.63. The molecule has 0 radical (unpaired) electrons. The lowest BCUT2D eigenvalue weighted by Gasteiger charge is -2.09. The van der Waals surface area contributed by atoms with Crippen molar-refractivity contribution in [3.63, 3.8) is 0 Å². The minimum atomic E-state index is 0.527. The zero-order valence-electron chi connectivity index (χ0n) is 11.4. The van der Waals surface area contributed by atoms with Gasteiger partial charge in [0, 0.05) is 5.56 Å². The molecule has 5 nitrogen and oxygen atoms in total. The van der Waals surface area contributed by atoms with Gasteiger partial charge in [-0.25, -0.2) is 0 Å². The second-order valence-electron chi connectivity index (χ2n) is 4.09. The van der Waals surface area contributed by atoms with Crippen LogP contribution in [0.3, 0.4) is 0 Å². The minimum Gasteiger partial charge on any atom is -0.497 e. The largest absolute Gasteiger partial charge is 0.497 e. The van der Waals surface area contributed by atoms with E-state index < -0.39 is 0 Å². The molecule has 1 heterocycles. The summed E-state index contributed by atoms with van der Waals surface area (Å²) in [5.74, 6) is 1.93. The molecular formula is C14H17N3O2. The van der Waals surface area contributed by atoms with Crippen molar-refractivity contribution in [1.82, 2.24) is 15.2 Å². The van der Waals surface area contributed by atoms with Crippen molar-refractivity contribution in [3.8, 4) is 22.9 Å². The summed E-state index contributed by atoms with van der Waals surface area (Å²) in [6.45, 7) is 4.46. The summed E-state index contributed by atoms with van der Waals surface area (Å²) >= 11 is 0. The van der Waals surface area contributed by atoms with Crippen LogP contribution in [-0.4, -0.2) is 28.9 Å². The summed E-state index contributed by atoms with van der Waals surface area (Å²) in [4.78, 5) is 4.30. The van der Waals surface area contributed by atoms with Gasteiger partial charge in [0.25, 0.3) is 0 Å². The monoisotopic (exact) mass is 259 g/mol. The molecule has 0 unspecified atom stereocenters. The maximum atomic E-state index is 5.63. The van der Waals surface area contributed by atoms with Crippen LogP contribution in [0.4, 0.5) is 0 Å². The van der Waals surface area contributed by atoms with Gasteiger partial charge in [0.2, 0.25) is 5.88 Å². The van der Waals surface area contributed by atoms with Gasteiger partial charge in [0.1, 0.15) is 5.75 Å². The van der Waals surface area contributed by atoms with Gasteiger partial charge in [0.05, 0.1) is 13.7 Å². The summed E-state index contributed by atoms with van der Waals surface area (Å²) in [5.41, 5.74) is 1.56. The molecule has 0 aliphatic rings. The van der Waals surface area contributed by atoms with Gasteiger partial charge < -0.3 is 9.47 Å². The van der Waals surface area contributed by atoms with Crippen LogP contribution in [0.2, 0.25) is 0 Å². The van der Waals surface area contributed by atoms with E-state index in [0.717, 1.165) is 17.7 Å². The molecule has 2 aromatic rings. The van der Waals surface area contributed by atoms with Crippen LogP contribution in [0.25, 0.3) is 11.3 Å². The molecule has 0 spiro atoms. The molecule has 0 atom stereocenters. The molecular weight excluding hydrogens is 242 g/mol. The summed E-state index contributed by atoms with van der Waals surface area (Å²) in [5, 5.41) is 8.17. The Balaban J connectivity index is 2.36. The van der Waals surface area contributed by atoms with Gasteiger partial charge in [-0.3, -0.25) is 0 Å². The van der Waals surface area contributed by atoms with Gasteiger partial charge in [-0.15, -0.1) is 10.2 Å². The van der Waals surface area contributed by atoms with E-state index in [1.54, 1.807) is 14.0 Å². The lowest BCUT2D eigenvalue weighted by atomic mass is 10.1. The zero-order chi connectivity index (χ0) is 13.7. The van der Waals surface area contributed by atoms with E-state index in [4.69, 9.17) is 9.47 Å². The predicted molar refractivity (Wildman–Crippen MR) is 72.3 cm³/mol. The number of ether oxygens (including phenoxy) is 2. The first-order chi connectivity index (χ1) is 9.24. The van der Waals surface area contributed by atoms with E-state index in [1.165, 1.54) is 0 Å². The average molecular weight is 259 g/mol. The molecule has 1 aromatic carbocycles. The Morgan fingerprint density at radius 2 is 1.84 bits per heavy atom. The molecule has 2 rings (SSSR count). The SMILES string of the molecule is CCCOc1nc(C)nnc1-c1ccc(OC)cc1. The normalized spacial score (nSPS) is 10.3. The van der Waals surface area contributed by atoms with Crippen molar-refractivity contribution in [1.29, 1.82) is 0 Å². The predicted octanol–water partition coefficient (Wildman–Crippen LogP) is 2.64. The lowest BCUT2D eigenvalue weighted by Crippen LogP contribution is -2.04. The topological polar surface area (TPSA) is 57.1 Å². The third kappa shape index (κ3) is 3.19. The first-order valence-electron chi connectivity index (χ1n) is 6.23. The fraction of sp³-hybridized carbons (Fsp3) is 0.357. The molecule has 0 aliphatic carbocycles. The summed E-state index contributed by atoms with van der Waals surface area (Å²) in [7, 11) is 1.64. The second kappa shape index (κ2) is 6.13. The molecule has 0 fully saturated rings. The smallest absolute Gasteiger partial charge is 0.244 e. The first-order valence-corrected chi connectivity index (χ1v) is 6.23. The molecule has 0 saturated carbocycles. The van der Waals surface area contributed by atoms with Crippen molar-refractivity contribution in [2.75, 3.05) is 13.7 Å². The highest BCUT2D eigenvalue weighted by Gasteiger charge is 2.11. The van der Waals surface area contributed by atoms with Gasteiger partial charge >= 0.3 is 0 Å². The zero-order valence-corrected chi connectivity index (χ0v) is 11.4. The van der Waals surface area contributed by atoms with Crippen LogP contribution < -0.4 is 9.47 Å². The number of aryl methyl sites for hydroxylation is 1. The number of hydrogen-bond acceptors (Lipinski definition) is 5. The summed E-state index contributed by atoms with van der Waals surface area (Å²) < 4.78 is 10.8. The summed E-state index contributed by atoms with van der Waals surface area (Å²) in [6.07, 6.45) is 0.922. The van der Waals surface area contributed by atoms with Crippen LogP contribution in [0.15, 0.2) is 24.3 Å². The number of benzene rings is 1. The van der Waals surface area contributed by atoms with Crippen LogP contribution in [0, 0.1) is 6.92 Å². The molecule has 0 bridgehead atoms. The van der Waals surface area contributed by atoms with Gasteiger partial charge in [0.15, 0.2) is 11.5 Å². The standard InChI is InChI=1S/C14H17N3O2/c1-4-9-19-14-13(17-16-10(2)15-14)11-5-7-12(18-3)8-6-11/h5-8H,4,9H2,1-3H3. The second-order valence-corrected chi connectivity index (χ2v) is 4.09. The molecule has 1 aromatic heterocycles. The molecule has 0 N–H and O–H groups in total. The van der Waals surface area contributed by atoms with Crippen LogP contribution >= 0.6 is 0 Å². The third-order valence-electron chi connectivity index (χ3n) is 2.57. The van der Waals surface area contributed by atoms with Gasteiger partial charge in [-0.2, -0.15) is 4.98 Å². The van der Waals surface area contributed by atoms with Gasteiger partial charge in [-0.05, 0) is 37.6 Å². The Morgan fingerprint density at radius 1 is 1.11 bits per heavy atom. The van der Waals surface area contributed by atoms with Gasteiger partial charge in [-0.1, -0.05) is 6.92 Å². The molecule has 0 saturated heterocycles. The van der Waals surface area contributed by atoms with E-state index in [1.807, 2.05) is 24.3 Å². The number of rotatable bonds is 5. The minimum absolute atomic E-state index is 0.527. The van der Waals surface area contributed by atoms with Crippen molar-refractivity contribution in [2.24, 2.45) is 0 Å². The van der Waals surface area contributed by atoms with Crippen molar-refractivity contribution in [3.05, 3.63) is 30.1 Å². The number of aromatic nitrogens is 3. The molecule has 19 heavy (non-hydrogen) atoms. The highest BCUT2D eigenvalue weighted by molar-refractivity contribution is 5.64. The average Bonchev–Trinajstić information content (AvgIpc) is 2.45. The molecule has 0 aliphatic heterocycles. The summed E-state index contributed by atoms with van der Waals surface area (Å²) in [6, 6.07) is 7.58. The Kier molecular flexibility index (Phi) is 4.28. The van der Waals surface area contributed by atoms with E-state index in [9.17, 15) is 0 Å². The maximum Gasteiger partial charge on any atom is 0.244 e. The fourth-order valence-electron chi connectivity index (χ4n) is 1.62. The highest BCUT2D eigenvalue weighted by atomic mass is 16.5. The Morgan fingerprint density at radius 3 is 2.47 bits per heavy atom. The fourth-order valence-corrected chi connectivity index (χ4v) is 1.62. The van der Waals surface area contributed by atoms with E-state index in [0.29, 0.717) is 24.0 Å².